The van der Waals surface area contributed by atoms with Crippen LogP contribution in [-0.4, -0.2) is 51.0 Å². The Hall–Kier alpha value is -1.82. The second kappa shape index (κ2) is 6.38. The first-order chi connectivity index (χ1) is 9.22. The second-order valence-corrected chi connectivity index (χ2v) is 4.28. The lowest BCUT2D eigenvalue weighted by molar-refractivity contribution is -0.144. The summed E-state index contributed by atoms with van der Waals surface area (Å²) in [5.74, 6) is 0.327. The third-order valence-electron chi connectivity index (χ3n) is 3.05. The van der Waals surface area contributed by atoms with Gasteiger partial charge in [0.1, 0.15) is 0 Å². The van der Waals surface area contributed by atoms with Crippen LogP contribution in [0.4, 0.5) is 5.69 Å². The molecule has 1 unspecified atom stereocenters. The minimum absolute atomic E-state index is 0.139. The summed E-state index contributed by atoms with van der Waals surface area (Å²) < 4.78 is 15.3. The van der Waals surface area contributed by atoms with Gasteiger partial charge >= 0.3 is 5.97 Å². The van der Waals surface area contributed by atoms with E-state index in [0.29, 0.717) is 19.0 Å². The van der Waals surface area contributed by atoms with Gasteiger partial charge in [-0.1, -0.05) is 0 Å². The molecule has 1 aliphatic rings. The van der Waals surface area contributed by atoms with E-state index in [9.17, 15) is 4.79 Å². The van der Waals surface area contributed by atoms with Crippen LogP contribution in [0.15, 0.2) is 18.3 Å². The average Bonchev–Trinajstić information content (AvgIpc) is 2.47. The Morgan fingerprint density at radius 1 is 1.58 bits per heavy atom. The van der Waals surface area contributed by atoms with Crippen LogP contribution in [0.25, 0.3) is 0 Å². The van der Waals surface area contributed by atoms with E-state index < -0.39 is 0 Å². The fourth-order valence-electron chi connectivity index (χ4n) is 2.05. The Morgan fingerprint density at radius 3 is 3.16 bits per heavy atom. The number of nitrogens with zero attached hydrogens (tertiary/aromatic N) is 2. The molecule has 0 spiro atoms. The van der Waals surface area contributed by atoms with Crippen molar-refractivity contribution >= 4 is 11.7 Å². The maximum Gasteiger partial charge on any atom is 0.308 e. The molecule has 6 nitrogen and oxygen atoms in total. The van der Waals surface area contributed by atoms with Crippen molar-refractivity contribution in [2.45, 2.75) is 12.5 Å². The summed E-state index contributed by atoms with van der Waals surface area (Å²) in [7, 11) is 2.97. The van der Waals surface area contributed by atoms with Gasteiger partial charge in [0.15, 0.2) is 0 Å². The highest BCUT2D eigenvalue weighted by atomic mass is 16.5. The van der Waals surface area contributed by atoms with Gasteiger partial charge in [-0.05, 0) is 6.07 Å². The zero-order valence-corrected chi connectivity index (χ0v) is 11.2. The number of rotatable bonds is 4. The number of hydrogen-bond donors (Lipinski definition) is 0. The first-order valence-electron chi connectivity index (χ1n) is 6.16. The molecule has 1 aromatic heterocycles. The highest BCUT2D eigenvalue weighted by Crippen LogP contribution is 2.21. The number of methoxy groups -OCH3 is 2. The standard InChI is InChI=1S/C13H18N2O4/c1-17-12-7-10(3-4-14-12)15-5-6-19-11(9-15)8-13(16)18-2/h3-4,7,11H,5-6,8-9H2,1-2H3. The number of carbonyl (C=O) groups excluding carboxylic acids is 1. The summed E-state index contributed by atoms with van der Waals surface area (Å²) in [6, 6.07) is 3.80. The number of carbonyl (C=O) groups is 1. The number of anilines is 1. The summed E-state index contributed by atoms with van der Waals surface area (Å²) in [5.41, 5.74) is 1.02. The Morgan fingerprint density at radius 2 is 2.42 bits per heavy atom. The molecule has 0 bridgehead atoms. The quantitative estimate of drug-likeness (QED) is 0.753. The molecule has 2 heterocycles. The molecule has 1 aromatic rings. The van der Waals surface area contributed by atoms with Gasteiger partial charge in [-0.2, -0.15) is 0 Å². The predicted octanol–water partition coefficient (Wildman–Crippen LogP) is 0.859. The minimum atomic E-state index is -0.251. The number of esters is 1. The highest BCUT2D eigenvalue weighted by molar-refractivity contribution is 5.70. The van der Waals surface area contributed by atoms with Crippen LogP contribution in [0.2, 0.25) is 0 Å². The van der Waals surface area contributed by atoms with Crippen molar-refractivity contribution in [3.8, 4) is 5.88 Å². The zero-order valence-electron chi connectivity index (χ0n) is 11.2. The van der Waals surface area contributed by atoms with Crippen molar-refractivity contribution in [1.82, 2.24) is 4.98 Å². The second-order valence-electron chi connectivity index (χ2n) is 4.28. The van der Waals surface area contributed by atoms with Crippen LogP contribution in [0.1, 0.15) is 6.42 Å². The fraction of sp³-hybridized carbons (Fsp3) is 0.538. The predicted molar refractivity (Wildman–Crippen MR) is 69.4 cm³/mol. The zero-order chi connectivity index (χ0) is 13.7. The molecule has 1 aliphatic heterocycles. The lowest BCUT2D eigenvalue weighted by Gasteiger charge is -2.34. The highest BCUT2D eigenvalue weighted by Gasteiger charge is 2.23. The van der Waals surface area contributed by atoms with Crippen molar-refractivity contribution in [3.05, 3.63) is 18.3 Å². The third kappa shape index (κ3) is 3.57. The van der Waals surface area contributed by atoms with Crippen molar-refractivity contribution in [3.63, 3.8) is 0 Å². The van der Waals surface area contributed by atoms with Crippen molar-refractivity contribution < 1.29 is 19.0 Å². The Labute approximate surface area is 112 Å². The van der Waals surface area contributed by atoms with Gasteiger partial charge < -0.3 is 19.1 Å². The van der Waals surface area contributed by atoms with E-state index in [1.165, 1.54) is 7.11 Å². The van der Waals surface area contributed by atoms with Crippen molar-refractivity contribution in [1.29, 1.82) is 0 Å². The molecular formula is C13H18N2O4. The molecule has 104 valence electrons. The van der Waals surface area contributed by atoms with E-state index in [1.807, 2.05) is 12.1 Å². The summed E-state index contributed by atoms with van der Waals surface area (Å²) in [5, 5.41) is 0. The van der Waals surface area contributed by atoms with E-state index in [4.69, 9.17) is 9.47 Å². The molecule has 6 heteroatoms. The Kier molecular flexibility index (Phi) is 4.57. The van der Waals surface area contributed by atoms with Crippen molar-refractivity contribution in [2.75, 3.05) is 38.8 Å². The summed E-state index contributed by atoms with van der Waals surface area (Å²) in [6.45, 7) is 2.03. The van der Waals surface area contributed by atoms with Gasteiger partial charge in [0.2, 0.25) is 5.88 Å². The number of pyridine rings is 1. The fourth-order valence-corrected chi connectivity index (χ4v) is 2.05. The SMILES string of the molecule is COC(=O)CC1CN(c2ccnc(OC)c2)CCO1. The molecular weight excluding hydrogens is 248 g/mol. The molecule has 1 atom stereocenters. The molecule has 1 fully saturated rings. The van der Waals surface area contributed by atoms with Gasteiger partial charge in [0, 0.05) is 31.0 Å². The molecule has 2 rings (SSSR count). The molecule has 0 amide bonds. The van der Waals surface area contributed by atoms with Crippen LogP contribution in [-0.2, 0) is 14.3 Å². The molecule has 19 heavy (non-hydrogen) atoms. The average molecular weight is 266 g/mol. The van der Waals surface area contributed by atoms with Gasteiger partial charge in [-0.3, -0.25) is 4.79 Å². The van der Waals surface area contributed by atoms with Crippen LogP contribution in [0.5, 0.6) is 5.88 Å². The van der Waals surface area contributed by atoms with Crippen LogP contribution in [0, 0.1) is 0 Å². The van der Waals surface area contributed by atoms with Crippen molar-refractivity contribution in [2.24, 2.45) is 0 Å². The number of hydrogen-bond acceptors (Lipinski definition) is 6. The Bertz CT molecular complexity index is 438. The first-order valence-corrected chi connectivity index (χ1v) is 6.16. The lowest BCUT2D eigenvalue weighted by atomic mass is 10.2. The van der Waals surface area contributed by atoms with Gasteiger partial charge in [-0.25, -0.2) is 4.98 Å². The number of morpholine rings is 1. The smallest absolute Gasteiger partial charge is 0.308 e. The summed E-state index contributed by atoms with van der Waals surface area (Å²) in [6.07, 6.45) is 1.84. The number of aromatic nitrogens is 1. The monoisotopic (exact) mass is 266 g/mol. The first kappa shape index (κ1) is 13.6. The van der Waals surface area contributed by atoms with E-state index >= 15 is 0 Å². The minimum Gasteiger partial charge on any atom is -0.481 e. The lowest BCUT2D eigenvalue weighted by Crippen LogP contribution is -2.43. The van der Waals surface area contributed by atoms with E-state index in [1.54, 1.807) is 13.3 Å². The molecule has 0 aliphatic carbocycles. The molecule has 0 saturated carbocycles. The van der Waals surface area contributed by atoms with Crippen LogP contribution >= 0.6 is 0 Å². The van der Waals surface area contributed by atoms with E-state index in [2.05, 4.69) is 14.6 Å². The molecule has 0 radical (unpaired) electrons. The summed E-state index contributed by atoms with van der Waals surface area (Å²) >= 11 is 0. The topological polar surface area (TPSA) is 60.9 Å². The Balaban J connectivity index is 2.01. The van der Waals surface area contributed by atoms with Gasteiger partial charge in [0.05, 0.1) is 33.4 Å². The maximum absolute atomic E-state index is 11.3. The third-order valence-corrected chi connectivity index (χ3v) is 3.05. The van der Waals surface area contributed by atoms with Gasteiger partial charge in [-0.15, -0.1) is 0 Å². The molecule has 0 N–H and O–H groups in total. The largest absolute Gasteiger partial charge is 0.481 e. The van der Waals surface area contributed by atoms with Gasteiger partial charge in [0.25, 0.3) is 0 Å². The van der Waals surface area contributed by atoms with Crippen LogP contribution in [0.3, 0.4) is 0 Å². The molecule has 0 aromatic carbocycles. The van der Waals surface area contributed by atoms with E-state index in [0.717, 1.165) is 12.2 Å². The molecule has 1 saturated heterocycles. The normalized spacial score (nSPS) is 19.1. The van der Waals surface area contributed by atoms with Crippen LogP contribution < -0.4 is 9.64 Å². The maximum atomic E-state index is 11.3. The van der Waals surface area contributed by atoms with E-state index in [-0.39, 0.29) is 18.5 Å². The summed E-state index contributed by atoms with van der Waals surface area (Å²) in [4.78, 5) is 17.5. The number of ether oxygens (including phenoxy) is 3.